The van der Waals surface area contributed by atoms with Crippen LogP contribution in [0.5, 0.6) is 11.5 Å². The van der Waals surface area contributed by atoms with Gasteiger partial charge in [-0.25, -0.2) is 0 Å². The maximum Gasteiger partial charge on any atom is 0.118 e. The third kappa shape index (κ3) is 6.77. The van der Waals surface area contributed by atoms with E-state index < -0.39 is 18.1 Å². The van der Waals surface area contributed by atoms with Gasteiger partial charge in [0.25, 0.3) is 0 Å². The van der Waals surface area contributed by atoms with E-state index in [0.29, 0.717) is 6.42 Å². The summed E-state index contributed by atoms with van der Waals surface area (Å²) in [4.78, 5) is 0. The molecule has 4 nitrogen and oxygen atoms in total. The van der Waals surface area contributed by atoms with Crippen LogP contribution >= 0.6 is 0 Å². The number of aromatic hydroxyl groups is 1. The smallest absolute Gasteiger partial charge is 0.118 e. The number of aliphatic hydroxyl groups is 2. The molecule has 0 aliphatic carbocycles. The molecule has 156 valence electrons. The molecular formula is C25H32O4. The molecule has 3 atom stereocenters. The van der Waals surface area contributed by atoms with Crippen molar-refractivity contribution in [2.24, 2.45) is 5.92 Å². The number of methoxy groups -OCH3 is 1. The van der Waals surface area contributed by atoms with E-state index in [2.05, 4.69) is 19.6 Å². The number of ether oxygens (including phenoxy) is 1. The molecule has 0 saturated heterocycles. The molecule has 0 unspecified atom stereocenters. The van der Waals surface area contributed by atoms with Crippen molar-refractivity contribution in [3.8, 4) is 11.5 Å². The van der Waals surface area contributed by atoms with Gasteiger partial charge in [-0.3, -0.25) is 0 Å². The molecule has 2 rings (SSSR count). The van der Waals surface area contributed by atoms with E-state index in [1.165, 1.54) is 5.57 Å². The van der Waals surface area contributed by atoms with E-state index in [4.69, 9.17) is 4.74 Å². The molecule has 0 saturated carbocycles. The number of hydrogen-bond donors (Lipinski definition) is 3. The minimum absolute atomic E-state index is 0.246. The summed E-state index contributed by atoms with van der Waals surface area (Å²) in [6, 6.07) is 14.3. The highest BCUT2D eigenvalue weighted by Crippen LogP contribution is 2.30. The molecule has 0 amide bonds. The zero-order valence-corrected chi connectivity index (χ0v) is 17.3. The van der Waals surface area contributed by atoms with E-state index in [9.17, 15) is 15.3 Å². The van der Waals surface area contributed by atoms with Gasteiger partial charge in [-0.2, -0.15) is 0 Å². The summed E-state index contributed by atoms with van der Waals surface area (Å²) in [5.74, 6) is 0.510. The van der Waals surface area contributed by atoms with Crippen molar-refractivity contribution in [1.82, 2.24) is 0 Å². The SMILES string of the molecule is C=C[C@H]([C@H](O)CC/C(=C/c1ccc(O)cc1)CCC)[C@H](O)c1ccc(OC)cc1. The lowest BCUT2D eigenvalue weighted by Gasteiger charge is -2.25. The van der Waals surface area contributed by atoms with Crippen molar-refractivity contribution in [2.45, 2.75) is 44.8 Å². The number of phenolic OH excluding ortho intramolecular Hbond substituents is 1. The van der Waals surface area contributed by atoms with Gasteiger partial charge in [0.05, 0.1) is 19.3 Å². The Morgan fingerprint density at radius 2 is 1.69 bits per heavy atom. The van der Waals surface area contributed by atoms with Crippen LogP contribution in [-0.2, 0) is 0 Å². The number of rotatable bonds is 11. The molecule has 2 aromatic rings. The summed E-state index contributed by atoms with van der Waals surface area (Å²) in [6.07, 6.45) is 5.42. The van der Waals surface area contributed by atoms with Crippen molar-refractivity contribution < 1.29 is 20.1 Å². The summed E-state index contributed by atoms with van der Waals surface area (Å²) in [5.41, 5.74) is 2.99. The van der Waals surface area contributed by atoms with E-state index in [1.54, 1.807) is 49.6 Å². The van der Waals surface area contributed by atoms with Crippen LogP contribution in [0.1, 0.15) is 49.8 Å². The number of benzene rings is 2. The maximum absolute atomic E-state index is 10.7. The quantitative estimate of drug-likeness (QED) is 0.453. The van der Waals surface area contributed by atoms with Crippen LogP contribution in [0.15, 0.2) is 66.8 Å². The molecule has 0 bridgehead atoms. The minimum Gasteiger partial charge on any atom is -0.508 e. The van der Waals surface area contributed by atoms with Crippen LogP contribution in [0.25, 0.3) is 6.08 Å². The first kappa shape index (κ1) is 22.7. The Kier molecular flexibility index (Phi) is 8.97. The topological polar surface area (TPSA) is 69.9 Å². The zero-order chi connectivity index (χ0) is 21.2. The van der Waals surface area contributed by atoms with Gasteiger partial charge in [-0.1, -0.05) is 55.3 Å². The summed E-state index contributed by atoms with van der Waals surface area (Å²) < 4.78 is 5.16. The van der Waals surface area contributed by atoms with Gasteiger partial charge >= 0.3 is 0 Å². The number of allylic oxidation sites excluding steroid dienone is 1. The van der Waals surface area contributed by atoms with Crippen LogP contribution < -0.4 is 4.74 Å². The fourth-order valence-corrected chi connectivity index (χ4v) is 3.44. The van der Waals surface area contributed by atoms with Crippen LogP contribution in [0, 0.1) is 5.92 Å². The third-order valence-electron chi connectivity index (χ3n) is 5.13. The molecule has 0 aromatic heterocycles. The fraction of sp³-hybridized carbons (Fsp3) is 0.360. The largest absolute Gasteiger partial charge is 0.508 e. The molecule has 0 heterocycles. The summed E-state index contributed by atoms with van der Waals surface area (Å²) in [6.45, 7) is 5.94. The highest BCUT2D eigenvalue weighted by atomic mass is 16.5. The molecule has 0 fully saturated rings. The summed E-state index contributed by atoms with van der Waals surface area (Å²) in [5, 5.41) is 30.9. The summed E-state index contributed by atoms with van der Waals surface area (Å²) in [7, 11) is 1.60. The predicted octanol–water partition coefficient (Wildman–Crippen LogP) is 5.26. The summed E-state index contributed by atoms with van der Waals surface area (Å²) >= 11 is 0. The van der Waals surface area contributed by atoms with Gasteiger partial charge in [0, 0.05) is 5.92 Å². The minimum atomic E-state index is -0.830. The van der Waals surface area contributed by atoms with E-state index in [0.717, 1.165) is 36.1 Å². The van der Waals surface area contributed by atoms with Gasteiger partial charge < -0.3 is 20.1 Å². The predicted molar refractivity (Wildman–Crippen MR) is 118 cm³/mol. The average Bonchev–Trinajstić information content (AvgIpc) is 2.74. The van der Waals surface area contributed by atoms with Crippen molar-refractivity contribution in [1.29, 1.82) is 0 Å². The Balaban J connectivity index is 2.04. The first-order valence-electron chi connectivity index (χ1n) is 10.1. The molecule has 0 spiro atoms. The van der Waals surface area contributed by atoms with Gasteiger partial charge in [0.15, 0.2) is 0 Å². The van der Waals surface area contributed by atoms with Crippen LogP contribution in [0.3, 0.4) is 0 Å². The number of phenols is 1. The van der Waals surface area contributed by atoms with E-state index >= 15 is 0 Å². The number of aliphatic hydroxyl groups excluding tert-OH is 2. The molecule has 0 aliphatic rings. The normalized spacial score (nSPS) is 14.8. The zero-order valence-electron chi connectivity index (χ0n) is 17.3. The highest BCUT2D eigenvalue weighted by molar-refractivity contribution is 5.53. The second kappa shape index (κ2) is 11.4. The molecule has 2 aromatic carbocycles. The molecule has 0 radical (unpaired) electrons. The van der Waals surface area contributed by atoms with Crippen molar-refractivity contribution in [3.63, 3.8) is 0 Å². The van der Waals surface area contributed by atoms with Gasteiger partial charge in [-0.05, 0) is 54.7 Å². The molecular weight excluding hydrogens is 364 g/mol. The lowest BCUT2D eigenvalue weighted by Crippen LogP contribution is -2.25. The molecule has 29 heavy (non-hydrogen) atoms. The van der Waals surface area contributed by atoms with Gasteiger partial charge in [-0.15, -0.1) is 6.58 Å². The van der Waals surface area contributed by atoms with E-state index in [1.807, 2.05) is 12.1 Å². The Bertz CT molecular complexity index is 777. The van der Waals surface area contributed by atoms with Crippen LogP contribution in [0.2, 0.25) is 0 Å². The van der Waals surface area contributed by atoms with E-state index in [-0.39, 0.29) is 5.75 Å². The Hall–Kier alpha value is -2.56. The first-order valence-corrected chi connectivity index (χ1v) is 10.1. The van der Waals surface area contributed by atoms with Crippen molar-refractivity contribution in [2.75, 3.05) is 7.11 Å². The second-order valence-electron chi connectivity index (χ2n) is 7.28. The van der Waals surface area contributed by atoms with Crippen LogP contribution in [0.4, 0.5) is 0 Å². The lowest BCUT2D eigenvalue weighted by molar-refractivity contribution is 0.0318. The lowest BCUT2D eigenvalue weighted by atomic mass is 9.87. The highest BCUT2D eigenvalue weighted by Gasteiger charge is 2.25. The van der Waals surface area contributed by atoms with Gasteiger partial charge in [0.1, 0.15) is 11.5 Å². The molecule has 4 heteroatoms. The molecule has 3 N–H and O–H groups in total. The Morgan fingerprint density at radius 1 is 1.03 bits per heavy atom. The second-order valence-corrected chi connectivity index (χ2v) is 7.28. The standard InChI is InChI=1S/C25H32O4/c1-4-6-18(17-19-7-12-21(26)13-8-19)9-16-24(27)23(5-2)25(28)20-10-14-22(29-3)15-11-20/h5,7-8,10-15,17,23-28H,2,4,6,9,16H2,1,3H3/b18-17+/t23-,24-,25-/m1/s1. The Labute approximate surface area is 173 Å². The number of hydrogen-bond acceptors (Lipinski definition) is 4. The maximum atomic E-state index is 10.7. The third-order valence-corrected chi connectivity index (χ3v) is 5.13. The monoisotopic (exact) mass is 396 g/mol. The average molecular weight is 397 g/mol. The van der Waals surface area contributed by atoms with Gasteiger partial charge in [0.2, 0.25) is 0 Å². The first-order chi connectivity index (χ1) is 14.0. The Morgan fingerprint density at radius 3 is 2.24 bits per heavy atom. The van der Waals surface area contributed by atoms with Crippen molar-refractivity contribution >= 4 is 6.08 Å². The van der Waals surface area contributed by atoms with Crippen molar-refractivity contribution in [3.05, 3.63) is 77.9 Å². The molecule has 0 aliphatic heterocycles. The van der Waals surface area contributed by atoms with Crippen LogP contribution in [-0.4, -0.2) is 28.5 Å². The fourth-order valence-electron chi connectivity index (χ4n) is 3.44.